The number of primary sulfonamides is 1. The van der Waals surface area contributed by atoms with E-state index in [-0.39, 0.29) is 10.6 Å². The van der Waals surface area contributed by atoms with Crippen LogP contribution in [-0.4, -0.2) is 15.0 Å². The lowest BCUT2D eigenvalue weighted by atomic mass is 10.2. The van der Waals surface area contributed by atoms with Crippen LogP contribution in [0.4, 0.5) is 11.4 Å². The van der Waals surface area contributed by atoms with Gasteiger partial charge in [-0.25, -0.2) is 13.6 Å². The van der Waals surface area contributed by atoms with Gasteiger partial charge in [-0.2, -0.15) is 0 Å². The first-order chi connectivity index (χ1) is 7.88. The van der Waals surface area contributed by atoms with Crippen molar-refractivity contribution < 1.29 is 8.42 Å². The van der Waals surface area contributed by atoms with E-state index in [4.69, 9.17) is 10.9 Å². The SMILES string of the molecule is CC1CC1CNc1ccc(S(N)(=O)=O)c(N)c1. The minimum Gasteiger partial charge on any atom is -0.398 e. The van der Waals surface area contributed by atoms with Gasteiger partial charge in [0.15, 0.2) is 0 Å². The first kappa shape index (κ1) is 12.2. The molecule has 0 spiro atoms. The number of nitrogens with two attached hydrogens (primary N) is 2. The second-order valence-corrected chi connectivity index (χ2v) is 6.18. The van der Waals surface area contributed by atoms with E-state index in [1.54, 1.807) is 12.1 Å². The van der Waals surface area contributed by atoms with E-state index in [0.29, 0.717) is 5.92 Å². The van der Waals surface area contributed by atoms with Gasteiger partial charge in [-0.3, -0.25) is 0 Å². The minimum absolute atomic E-state index is 0.0251. The fourth-order valence-electron chi connectivity index (χ4n) is 1.85. The molecule has 0 aliphatic heterocycles. The maximum absolute atomic E-state index is 11.2. The number of hydrogen-bond donors (Lipinski definition) is 3. The zero-order valence-electron chi connectivity index (χ0n) is 9.68. The number of nitrogen functional groups attached to an aromatic ring is 1. The molecule has 17 heavy (non-hydrogen) atoms. The molecule has 1 fully saturated rings. The highest BCUT2D eigenvalue weighted by Gasteiger charge is 2.31. The van der Waals surface area contributed by atoms with Gasteiger partial charge in [-0.1, -0.05) is 6.92 Å². The molecule has 0 bridgehead atoms. The first-order valence-electron chi connectivity index (χ1n) is 5.54. The van der Waals surface area contributed by atoms with Crippen LogP contribution in [0.3, 0.4) is 0 Å². The molecule has 5 nitrogen and oxygen atoms in total. The second kappa shape index (κ2) is 4.19. The Hall–Kier alpha value is -1.27. The molecule has 0 saturated heterocycles. The van der Waals surface area contributed by atoms with Crippen molar-refractivity contribution >= 4 is 21.4 Å². The van der Waals surface area contributed by atoms with Gasteiger partial charge in [0.1, 0.15) is 4.90 Å². The van der Waals surface area contributed by atoms with E-state index >= 15 is 0 Å². The third kappa shape index (κ3) is 2.89. The summed E-state index contributed by atoms with van der Waals surface area (Å²) in [5.41, 5.74) is 6.67. The highest BCUT2D eigenvalue weighted by molar-refractivity contribution is 7.89. The maximum Gasteiger partial charge on any atom is 0.240 e. The van der Waals surface area contributed by atoms with Crippen molar-refractivity contribution in [2.24, 2.45) is 17.0 Å². The lowest BCUT2D eigenvalue weighted by molar-refractivity contribution is 0.598. The van der Waals surface area contributed by atoms with E-state index in [1.807, 2.05) is 0 Å². The second-order valence-electron chi connectivity index (χ2n) is 4.65. The molecule has 1 aliphatic rings. The van der Waals surface area contributed by atoms with E-state index in [9.17, 15) is 8.42 Å². The molecule has 6 heteroatoms. The van der Waals surface area contributed by atoms with Crippen molar-refractivity contribution in [1.29, 1.82) is 0 Å². The average Bonchev–Trinajstić information content (AvgIpc) is 2.90. The lowest BCUT2D eigenvalue weighted by Crippen LogP contribution is -2.14. The summed E-state index contributed by atoms with van der Waals surface area (Å²) in [6.07, 6.45) is 1.25. The van der Waals surface area contributed by atoms with Gasteiger partial charge < -0.3 is 11.1 Å². The molecule has 0 aromatic heterocycles. The zero-order chi connectivity index (χ0) is 12.6. The third-order valence-electron chi connectivity index (χ3n) is 3.16. The number of nitrogens with one attached hydrogen (secondary N) is 1. The monoisotopic (exact) mass is 255 g/mol. The molecule has 94 valence electrons. The highest BCUT2D eigenvalue weighted by Crippen LogP contribution is 2.37. The summed E-state index contributed by atoms with van der Waals surface area (Å²) >= 11 is 0. The van der Waals surface area contributed by atoms with Crippen molar-refractivity contribution in [2.45, 2.75) is 18.2 Å². The Balaban J connectivity index is 2.08. The molecule has 1 aliphatic carbocycles. The predicted molar refractivity (Wildman–Crippen MR) is 68.0 cm³/mol. The third-order valence-corrected chi connectivity index (χ3v) is 4.15. The fourth-order valence-corrected chi connectivity index (χ4v) is 2.50. The van der Waals surface area contributed by atoms with E-state index < -0.39 is 10.0 Å². The van der Waals surface area contributed by atoms with Crippen LogP contribution in [0.2, 0.25) is 0 Å². The van der Waals surface area contributed by atoms with Crippen LogP contribution in [0.1, 0.15) is 13.3 Å². The molecule has 1 aromatic rings. The summed E-state index contributed by atoms with van der Waals surface area (Å²) in [6.45, 7) is 3.11. The van der Waals surface area contributed by atoms with Crippen LogP contribution in [0.5, 0.6) is 0 Å². The number of hydrogen-bond acceptors (Lipinski definition) is 4. The Kier molecular flexibility index (Phi) is 3.01. The Morgan fingerprint density at radius 2 is 2.12 bits per heavy atom. The van der Waals surface area contributed by atoms with Crippen LogP contribution in [0, 0.1) is 11.8 Å². The Labute approximate surface area is 101 Å². The highest BCUT2D eigenvalue weighted by atomic mass is 32.2. The maximum atomic E-state index is 11.2. The molecule has 0 heterocycles. The van der Waals surface area contributed by atoms with E-state index in [0.717, 1.165) is 18.2 Å². The Bertz CT molecular complexity index is 528. The topological polar surface area (TPSA) is 98.2 Å². The molecule has 5 N–H and O–H groups in total. The minimum atomic E-state index is -3.73. The summed E-state index contributed by atoms with van der Waals surface area (Å²) < 4.78 is 22.3. The number of benzene rings is 1. The zero-order valence-corrected chi connectivity index (χ0v) is 10.5. The largest absolute Gasteiger partial charge is 0.398 e. The molecule has 2 unspecified atom stereocenters. The quantitative estimate of drug-likeness (QED) is 0.698. The first-order valence-corrected chi connectivity index (χ1v) is 7.09. The molecule has 1 saturated carbocycles. The van der Waals surface area contributed by atoms with Gasteiger partial charge in [-0.05, 0) is 36.5 Å². The van der Waals surface area contributed by atoms with Crippen LogP contribution in [-0.2, 0) is 10.0 Å². The van der Waals surface area contributed by atoms with Gasteiger partial charge >= 0.3 is 0 Å². The molecule has 0 radical (unpaired) electrons. The van der Waals surface area contributed by atoms with Crippen molar-refractivity contribution in [1.82, 2.24) is 0 Å². The summed E-state index contributed by atoms with van der Waals surface area (Å²) in [5.74, 6) is 1.50. The molecule has 2 atom stereocenters. The van der Waals surface area contributed by atoms with Crippen molar-refractivity contribution in [2.75, 3.05) is 17.6 Å². The van der Waals surface area contributed by atoms with Crippen LogP contribution in [0.15, 0.2) is 23.1 Å². The van der Waals surface area contributed by atoms with Crippen molar-refractivity contribution in [3.05, 3.63) is 18.2 Å². The summed E-state index contributed by atoms with van der Waals surface area (Å²) in [4.78, 5) is -0.0251. The van der Waals surface area contributed by atoms with Crippen molar-refractivity contribution in [3.8, 4) is 0 Å². The van der Waals surface area contributed by atoms with Gasteiger partial charge in [-0.15, -0.1) is 0 Å². The molecular weight excluding hydrogens is 238 g/mol. The molecular formula is C11H17N3O2S. The van der Waals surface area contributed by atoms with Gasteiger partial charge in [0, 0.05) is 12.2 Å². The van der Waals surface area contributed by atoms with E-state index in [2.05, 4.69) is 12.2 Å². The Morgan fingerprint density at radius 1 is 1.47 bits per heavy atom. The number of anilines is 2. The van der Waals surface area contributed by atoms with Crippen LogP contribution < -0.4 is 16.2 Å². The van der Waals surface area contributed by atoms with Gasteiger partial charge in [0.25, 0.3) is 0 Å². The van der Waals surface area contributed by atoms with Gasteiger partial charge in [0.2, 0.25) is 10.0 Å². The van der Waals surface area contributed by atoms with Crippen LogP contribution in [0.25, 0.3) is 0 Å². The normalized spacial score (nSPS) is 23.4. The number of rotatable bonds is 4. The summed E-state index contributed by atoms with van der Waals surface area (Å²) in [7, 11) is -3.73. The molecule has 0 amide bonds. The predicted octanol–water partition coefficient (Wildman–Crippen LogP) is 0.984. The lowest BCUT2D eigenvalue weighted by Gasteiger charge is -2.09. The summed E-state index contributed by atoms with van der Waals surface area (Å²) in [6, 6.07) is 4.72. The average molecular weight is 255 g/mol. The molecule has 2 rings (SSSR count). The standard InChI is InChI=1S/C11H17N3O2S/c1-7-4-8(7)6-14-9-2-3-11(10(12)5-9)17(13,15)16/h2-3,5,7-8,14H,4,6,12H2,1H3,(H2,13,15,16). The molecule has 1 aromatic carbocycles. The Morgan fingerprint density at radius 3 is 2.59 bits per heavy atom. The summed E-state index contributed by atoms with van der Waals surface area (Å²) in [5, 5.41) is 8.27. The van der Waals surface area contributed by atoms with Crippen LogP contribution >= 0.6 is 0 Å². The van der Waals surface area contributed by atoms with E-state index in [1.165, 1.54) is 12.5 Å². The van der Waals surface area contributed by atoms with Gasteiger partial charge in [0.05, 0.1) is 5.69 Å². The fraction of sp³-hybridized carbons (Fsp3) is 0.455. The smallest absolute Gasteiger partial charge is 0.240 e. The van der Waals surface area contributed by atoms with Crippen molar-refractivity contribution in [3.63, 3.8) is 0 Å². The number of sulfonamides is 1.